The molecule has 8 aromatic heterocycles. The minimum absolute atomic E-state index is 0.464. The van der Waals surface area contributed by atoms with Gasteiger partial charge in [-0.05, 0) is 135 Å². The largest absolute Gasteiger partial charge is 0.456 e. The summed E-state index contributed by atoms with van der Waals surface area (Å²) in [5, 5.41) is 16.0. The Hall–Kier alpha value is -15.1. The first-order valence-corrected chi connectivity index (χ1v) is 36.6. The summed E-state index contributed by atoms with van der Waals surface area (Å²) in [6.45, 7) is 0. The van der Waals surface area contributed by atoms with Crippen LogP contribution in [-0.4, -0.2) is 29.9 Å². The van der Waals surface area contributed by atoms with Crippen LogP contribution in [0.25, 0.3) is 255 Å². The van der Waals surface area contributed by atoms with E-state index in [1.807, 2.05) is 127 Å². The monoisotopic (exact) mass is 1410 g/mol. The lowest BCUT2D eigenvalue weighted by Gasteiger charge is -2.12. The summed E-state index contributed by atoms with van der Waals surface area (Å²) in [5.74, 6) is 2.96. The van der Waals surface area contributed by atoms with E-state index in [1.54, 1.807) is 0 Å². The number of nitrogens with zero attached hydrogens (tertiary/aromatic N) is 6. The minimum atomic E-state index is 0.464. The standard InChI is InChI=1S/C98H52N6O6/c1-2-19-55(20-3-1)93-99-96(70-31-17-39-82-89(70)88-62(27-14-38-81(88)106-82)61-26-13-37-80-84(61)68-46-44-54-18-6-7-23-60(54)90(68)110-80)104-98(102-93)72-32-12-29-64-73-50-59(45-49-77(73)108-91(64)72)53-40-42-56(43-41-53)94-100-95(69-30-16-36-79-86(69)66-24-8-10-33-75(66)105-79)103-97(101-94)71-48-47-65(92-87(71)67-25-9-11-34-76(67)109-92)63-28-15-35-78-85(63)74-51-57-21-4-5-22-58(57)52-83(74)107-78/h1-52H. The molecule has 12 heteroatoms. The van der Waals surface area contributed by atoms with Gasteiger partial charge in [-0.1, -0.05) is 224 Å². The van der Waals surface area contributed by atoms with Crippen LogP contribution >= 0.6 is 0 Å². The summed E-state index contributed by atoms with van der Waals surface area (Å²) in [6.07, 6.45) is 0. The molecule has 0 spiro atoms. The fourth-order valence-electron chi connectivity index (χ4n) is 17.0. The van der Waals surface area contributed by atoms with Crippen molar-refractivity contribution in [3.8, 4) is 102 Å². The molecule has 0 fully saturated rings. The number of benzene rings is 16. The fourth-order valence-corrected chi connectivity index (χ4v) is 17.0. The zero-order valence-corrected chi connectivity index (χ0v) is 58.2. The van der Waals surface area contributed by atoms with Crippen molar-refractivity contribution in [3.63, 3.8) is 0 Å². The Labute approximate surface area is 623 Å². The Balaban J connectivity index is 0.628. The summed E-state index contributed by atoms with van der Waals surface area (Å²) in [4.78, 5) is 32.3. The Morgan fingerprint density at radius 2 is 0.564 bits per heavy atom. The van der Waals surface area contributed by atoms with E-state index < -0.39 is 0 Å². The molecular weight excluding hydrogens is 1360 g/mol. The number of aromatic nitrogens is 6. The second-order valence-electron chi connectivity index (χ2n) is 28.2. The van der Waals surface area contributed by atoms with Gasteiger partial charge in [0.05, 0.1) is 5.56 Å². The third-order valence-corrected chi connectivity index (χ3v) is 22.0. The van der Waals surface area contributed by atoms with Gasteiger partial charge in [0.2, 0.25) is 0 Å². The van der Waals surface area contributed by atoms with Crippen molar-refractivity contribution < 1.29 is 26.5 Å². The fraction of sp³-hybridized carbons (Fsp3) is 0. The maximum absolute atomic E-state index is 7.02. The molecule has 110 heavy (non-hydrogen) atoms. The molecule has 0 amide bonds. The van der Waals surface area contributed by atoms with Crippen LogP contribution in [0.15, 0.2) is 342 Å². The lowest BCUT2D eigenvalue weighted by molar-refractivity contribution is 0.668. The molecule has 8 heterocycles. The first-order valence-electron chi connectivity index (χ1n) is 36.6. The van der Waals surface area contributed by atoms with Gasteiger partial charge in [-0.2, -0.15) is 0 Å². The Kier molecular flexibility index (Phi) is 12.7. The third-order valence-electron chi connectivity index (χ3n) is 22.0. The lowest BCUT2D eigenvalue weighted by Crippen LogP contribution is -2.01. The zero-order valence-electron chi connectivity index (χ0n) is 58.2. The predicted molar refractivity (Wildman–Crippen MR) is 441 cm³/mol. The highest BCUT2D eigenvalue weighted by Crippen LogP contribution is 2.50. The van der Waals surface area contributed by atoms with Crippen LogP contribution in [0, 0.1) is 0 Å². The van der Waals surface area contributed by atoms with Gasteiger partial charge in [-0.3, -0.25) is 0 Å². The number of fused-ring (bicyclic) bond motifs is 21. The Bertz CT molecular complexity index is 8060. The summed E-state index contributed by atoms with van der Waals surface area (Å²) in [7, 11) is 0. The molecule has 24 aromatic rings. The number of rotatable bonds is 9. The van der Waals surface area contributed by atoms with Gasteiger partial charge in [-0.25, -0.2) is 29.9 Å². The molecule has 16 aromatic carbocycles. The molecule has 0 N–H and O–H groups in total. The van der Waals surface area contributed by atoms with Gasteiger partial charge >= 0.3 is 0 Å². The minimum Gasteiger partial charge on any atom is -0.456 e. The smallest absolute Gasteiger partial charge is 0.167 e. The van der Waals surface area contributed by atoms with Gasteiger partial charge in [0.25, 0.3) is 0 Å². The van der Waals surface area contributed by atoms with Crippen LogP contribution in [0.4, 0.5) is 0 Å². The molecule has 0 aliphatic heterocycles. The quantitative estimate of drug-likeness (QED) is 0.135. The van der Waals surface area contributed by atoms with Crippen LogP contribution < -0.4 is 0 Å². The van der Waals surface area contributed by atoms with Gasteiger partial charge in [0.1, 0.15) is 67.0 Å². The van der Waals surface area contributed by atoms with E-state index in [9.17, 15) is 0 Å². The summed E-state index contributed by atoms with van der Waals surface area (Å²) < 4.78 is 40.6. The van der Waals surface area contributed by atoms with Crippen molar-refractivity contribution in [1.82, 2.24) is 29.9 Å². The first kappa shape index (κ1) is 60.2. The molecule has 0 radical (unpaired) electrons. The van der Waals surface area contributed by atoms with Crippen molar-refractivity contribution >= 4 is 153 Å². The average molecular weight is 1410 g/mol. The van der Waals surface area contributed by atoms with Crippen molar-refractivity contribution in [1.29, 1.82) is 0 Å². The maximum Gasteiger partial charge on any atom is 0.167 e. The van der Waals surface area contributed by atoms with Crippen molar-refractivity contribution in [2.24, 2.45) is 0 Å². The van der Waals surface area contributed by atoms with E-state index in [-0.39, 0.29) is 0 Å². The molecule has 510 valence electrons. The summed E-state index contributed by atoms with van der Waals surface area (Å²) in [5.41, 5.74) is 19.8. The highest BCUT2D eigenvalue weighted by Gasteiger charge is 2.28. The molecule has 0 aliphatic carbocycles. The highest BCUT2D eigenvalue weighted by molar-refractivity contribution is 6.25. The molecule has 12 nitrogen and oxygen atoms in total. The van der Waals surface area contributed by atoms with Gasteiger partial charge in [0, 0.05) is 103 Å². The second-order valence-corrected chi connectivity index (χ2v) is 28.2. The van der Waals surface area contributed by atoms with E-state index in [4.69, 9.17) is 56.4 Å². The Morgan fingerprint density at radius 1 is 0.155 bits per heavy atom. The van der Waals surface area contributed by atoms with Gasteiger partial charge in [0.15, 0.2) is 34.9 Å². The number of hydrogen-bond donors (Lipinski definition) is 0. The zero-order chi connectivity index (χ0) is 71.8. The molecular formula is C98H52N6O6. The topological polar surface area (TPSA) is 156 Å². The van der Waals surface area contributed by atoms with Crippen LogP contribution in [-0.2, 0) is 0 Å². The molecule has 0 aliphatic rings. The van der Waals surface area contributed by atoms with Crippen molar-refractivity contribution in [2.75, 3.05) is 0 Å². The number of para-hydroxylation sites is 3. The molecule has 0 saturated carbocycles. The lowest BCUT2D eigenvalue weighted by atomic mass is 9.93. The molecule has 0 unspecified atom stereocenters. The van der Waals surface area contributed by atoms with E-state index in [2.05, 4.69) is 188 Å². The normalized spacial score (nSPS) is 12.2. The second kappa shape index (κ2) is 23.2. The van der Waals surface area contributed by atoms with Crippen molar-refractivity contribution in [3.05, 3.63) is 315 Å². The first-order chi connectivity index (χ1) is 54.5. The predicted octanol–water partition coefficient (Wildman–Crippen LogP) is 26.8. The Morgan fingerprint density at radius 3 is 1.27 bits per heavy atom. The summed E-state index contributed by atoms with van der Waals surface area (Å²) >= 11 is 0. The van der Waals surface area contributed by atoms with E-state index in [0.717, 1.165) is 203 Å². The highest BCUT2D eigenvalue weighted by atomic mass is 16.3. The van der Waals surface area contributed by atoms with Crippen LogP contribution in [0.5, 0.6) is 0 Å². The molecule has 24 rings (SSSR count). The average Bonchev–Trinajstić information content (AvgIpc) is 1.55. The van der Waals surface area contributed by atoms with E-state index in [1.165, 1.54) is 0 Å². The van der Waals surface area contributed by atoms with Crippen LogP contribution in [0.1, 0.15) is 0 Å². The summed E-state index contributed by atoms with van der Waals surface area (Å²) in [6, 6.07) is 108. The van der Waals surface area contributed by atoms with E-state index in [0.29, 0.717) is 51.7 Å². The van der Waals surface area contributed by atoms with Crippen LogP contribution in [0.3, 0.4) is 0 Å². The maximum atomic E-state index is 7.02. The number of hydrogen-bond acceptors (Lipinski definition) is 12. The third kappa shape index (κ3) is 9.07. The van der Waals surface area contributed by atoms with Crippen LogP contribution in [0.2, 0.25) is 0 Å². The number of furan rings is 6. The molecule has 0 saturated heterocycles. The van der Waals surface area contributed by atoms with Gasteiger partial charge in [-0.15, -0.1) is 0 Å². The molecule has 0 bridgehead atoms. The van der Waals surface area contributed by atoms with Gasteiger partial charge < -0.3 is 26.5 Å². The molecule has 0 atom stereocenters. The van der Waals surface area contributed by atoms with Crippen molar-refractivity contribution in [2.45, 2.75) is 0 Å². The van der Waals surface area contributed by atoms with E-state index >= 15 is 0 Å². The SMILES string of the molecule is c1ccc(-c2nc(-c3cccc4c3oc3ccc(-c5ccc(-c6nc(-c7cccc8oc9ccccc9c78)nc(-c7ccc(-c8cccc9oc%10cc%11ccccc%11cc%10c89)c8oc9ccccc9c78)n6)cc5)cc34)nc(-c3cccc4oc5cccc(-c6cccc7oc8c9ccccc9ccc8c67)c5c34)n2)cc1.